The highest BCUT2D eigenvalue weighted by molar-refractivity contribution is 6.14. The maximum absolute atomic E-state index is 13.4. The number of aryl methyl sites for hydroxylation is 2. The second kappa shape index (κ2) is 9.17. The Balaban J connectivity index is 1.73. The maximum Gasteiger partial charge on any atom is 0.264 e. The minimum Gasteiger partial charge on any atom is -0.376 e. The molecule has 0 bridgehead atoms. The Bertz CT molecular complexity index is 1290. The molecule has 0 aliphatic rings. The van der Waals surface area contributed by atoms with Gasteiger partial charge in [-0.15, -0.1) is 0 Å². The fourth-order valence-electron chi connectivity index (χ4n) is 3.89. The zero-order valence-corrected chi connectivity index (χ0v) is 19.4. The normalized spacial score (nSPS) is 12.5. The lowest BCUT2D eigenvalue weighted by atomic mass is 9.96. The van der Waals surface area contributed by atoms with E-state index in [-0.39, 0.29) is 11.8 Å². The van der Waals surface area contributed by atoms with Gasteiger partial charge in [0.2, 0.25) is 0 Å². The molecule has 9 heteroatoms. The molecular weight excluding hydrogens is 438 g/mol. The van der Waals surface area contributed by atoms with Crippen LogP contribution in [0.3, 0.4) is 0 Å². The summed E-state index contributed by atoms with van der Waals surface area (Å²) in [6, 6.07) is 11.2. The first-order valence-electron chi connectivity index (χ1n) is 10.9. The van der Waals surface area contributed by atoms with E-state index in [1.165, 1.54) is 12.4 Å². The van der Waals surface area contributed by atoms with Crippen molar-refractivity contribution in [2.75, 3.05) is 5.32 Å². The van der Waals surface area contributed by atoms with Crippen LogP contribution in [0.2, 0.25) is 0 Å². The zero-order valence-electron chi connectivity index (χ0n) is 19.4. The van der Waals surface area contributed by atoms with Gasteiger partial charge in [-0.05, 0) is 44.5 Å². The van der Waals surface area contributed by atoms with Gasteiger partial charge >= 0.3 is 0 Å². The first-order chi connectivity index (χ1) is 16.1. The molecular formula is C25H26F2N6O. The van der Waals surface area contributed by atoms with Gasteiger partial charge in [0.25, 0.3) is 5.92 Å². The molecule has 0 unspecified atom stereocenters. The summed E-state index contributed by atoms with van der Waals surface area (Å²) in [5, 5.41) is 20.3. The molecule has 0 saturated heterocycles. The molecule has 0 aliphatic carbocycles. The summed E-state index contributed by atoms with van der Waals surface area (Å²) in [4.78, 5) is 4.42. The van der Waals surface area contributed by atoms with E-state index in [0.717, 1.165) is 34.1 Å². The highest BCUT2D eigenvalue weighted by Crippen LogP contribution is 2.33. The topological polar surface area (TPSA) is 92.6 Å². The van der Waals surface area contributed by atoms with Gasteiger partial charge in [-0.25, -0.2) is 8.78 Å². The van der Waals surface area contributed by atoms with Gasteiger partial charge in [0.15, 0.2) is 0 Å². The summed E-state index contributed by atoms with van der Waals surface area (Å²) in [6.07, 6.45) is 4.63. The Labute approximate surface area is 196 Å². The predicted octanol–water partition coefficient (Wildman–Crippen LogP) is 5.79. The van der Waals surface area contributed by atoms with Crippen molar-refractivity contribution in [2.24, 2.45) is 0 Å². The molecule has 176 valence electrons. The number of anilines is 1. The van der Waals surface area contributed by atoms with Gasteiger partial charge in [0.05, 0.1) is 29.3 Å². The van der Waals surface area contributed by atoms with Crippen molar-refractivity contribution in [3.63, 3.8) is 0 Å². The maximum atomic E-state index is 13.4. The minimum atomic E-state index is -2.90. The van der Waals surface area contributed by atoms with Crippen LogP contribution in [0.4, 0.5) is 14.5 Å². The monoisotopic (exact) mass is 464 g/mol. The van der Waals surface area contributed by atoms with Crippen LogP contribution in [0.15, 0.2) is 59.5 Å². The summed E-state index contributed by atoms with van der Waals surface area (Å²) in [5.41, 5.74) is 5.34. The van der Waals surface area contributed by atoms with Gasteiger partial charge in [-0.2, -0.15) is 5.10 Å². The summed E-state index contributed by atoms with van der Waals surface area (Å²) < 4.78 is 33.3. The van der Waals surface area contributed by atoms with E-state index in [4.69, 9.17) is 9.93 Å². The van der Waals surface area contributed by atoms with E-state index in [2.05, 4.69) is 20.6 Å². The Morgan fingerprint density at radius 1 is 1.24 bits per heavy atom. The SMILES string of the molecule is Cc1noc(C)c1-c1ccc(C(=N)c2cnn(CC(C)(F)F)c2)c(N[C@@H](C)c2ccccn2)c1. The molecule has 0 spiro atoms. The largest absolute Gasteiger partial charge is 0.376 e. The third kappa shape index (κ3) is 5.03. The van der Waals surface area contributed by atoms with Crippen LogP contribution in [0.5, 0.6) is 0 Å². The van der Waals surface area contributed by atoms with Crippen LogP contribution < -0.4 is 5.32 Å². The summed E-state index contributed by atoms with van der Waals surface area (Å²) in [6.45, 7) is 6.01. The number of pyridine rings is 1. The first-order valence-corrected chi connectivity index (χ1v) is 10.9. The number of benzene rings is 1. The lowest BCUT2D eigenvalue weighted by molar-refractivity contribution is 0.000585. The minimum absolute atomic E-state index is 0.144. The average molecular weight is 465 g/mol. The molecule has 4 aromatic rings. The predicted molar refractivity (Wildman–Crippen MR) is 126 cm³/mol. The fraction of sp³-hybridized carbons (Fsp3) is 0.280. The van der Waals surface area contributed by atoms with Crippen molar-refractivity contribution < 1.29 is 13.3 Å². The molecule has 34 heavy (non-hydrogen) atoms. The van der Waals surface area contributed by atoms with Crippen molar-refractivity contribution in [3.8, 4) is 11.1 Å². The van der Waals surface area contributed by atoms with Crippen LogP contribution in [-0.4, -0.2) is 31.6 Å². The lowest BCUT2D eigenvalue weighted by Crippen LogP contribution is -2.19. The van der Waals surface area contributed by atoms with Crippen LogP contribution >= 0.6 is 0 Å². The summed E-state index contributed by atoms with van der Waals surface area (Å²) in [7, 11) is 0. The van der Waals surface area contributed by atoms with Gasteiger partial charge in [0, 0.05) is 41.7 Å². The Kier molecular flexibility index (Phi) is 6.28. The van der Waals surface area contributed by atoms with E-state index < -0.39 is 12.5 Å². The van der Waals surface area contributed by atoms with Crippen molar-refractivity contribution in [2.45, 2.75) is 46.2 Å². The Morgan fingerprint density at radius 2 is 2.03 bits per heavy atom. The third-order valence-corrected chi connectivity index (χ3v) is 5.48. The number of halogens is 2. The highest BCUT2D eigenvalue weighted by atomic mass is 19.3. The van der Waals surface area contributed by atoms with Gasteiger partial charge in [-0.3, -0.25) is 15.1 Å². The van der Waals surface area contributed by atoms with Crippen molar-refractivity contribution in [1.29, 1.82) is 5.41 Å². The average Bonchev–Trinajstić information content (AvgIpc) is 3.38. The number of nitrogens with one attached hydrogen (secondary N) is 2. The molecule has 4 rings (SSSR count). The molecule has 1 aromatic carbocycles. The van der Waals surface area contributed by atoms with E-state index >= 15 is 0 Å². The van der Waals surface area contributed by atoms with E-state index in [1.807, 2.05) is 57.2 Å². The molecule has 0 aliphatic heterocycles. The number of alkyl halides is 2. The molecule has 2 N–H and O–H groups in total. The van der Waals surface area contributed by atoms with Gasteiger partial charge in [0.1, 0.15) is 12.3 Å². The number of hydrogen-bond donors (Lipinski definition) is 2. The number of rotatable bonds is 8. The van der Waals surface area contributed by atoms with E-state index in [1.54, 1.807) is 6.20 Å². The Hall–Kier alpha value is -3.88. The second-order valence-electron chi connectivity index (χ2n) is 8.45. The molecule has 0 fully saturated rings. The smallest absolute Gasteiger partial charge is 0.264 e. The second-order valence-corrected chi connectivity index (χ2v) is 8.45. The first kappa shape index (κ1) is 23.3. The fourth-order valence-corrected chi connectivity index (χ4v) is 3.89. The number of hydrogen-bond acceptors (Lipinski definition) is 6. The summed E-state index contributed by atoms with van der Waals surface area (Å²) in [5.74, 6) is -2.20. The van der Waals surface area contributed by atoms with Crippen LogP contribution in [0.1, 0.15) is 48.2 Å². The molecule has 3 aromatic heterocycles. The van der Waals surface area contributed by atoms with Crippen molar-refractivity contribution in [3.05, 3.63) is 83.3 Å². The molecule has 0 amide bonds. The lowest BCUT2D eigenvalue weighted by Gasteiger charge is -2.19. The third-order valence-electron chi connectivity index (χ3n) is 5.48. The van der Waals surface area contributed by atoms with Crippen molar-refractivity contribution in [1.82, 2.24) is 19.9 Å². The quantitative estimate of drug-likeness (QED) is 0.322. The zero-order chi connectivity index (χ0) is 24.5. The number of nitrogens with zero attached hydrogens (tertiary/aromatic N) is 4. The van der Waals surface area contributed by atoms with E-state index in [0.29, 0.717) is 22.6 Å². The highest BCUT2D eigenvalue weighted by Gasteiger charge is 2.23. The molecule has 7 nitrogen and oxygen atoms in total. The molecule has 0 radical (unpaired) electrons. The van der Waals surface area contributed by atoms with Gasteiger partial charge in [-0.1, -0.05) is 23.4 Å². The molecule has 0 saturated carbocycles. The Morgan fingerprint density at radius 3 is 2.68 bits per heavy atom. The molecule has 3 heterocycles. The standard InChI is InChI=1S/C25H26F2N6O/c1-15(21-7-5-6-10-29-21)31-22-11-18(23-16(2)32-34-17(23)3)8-9-20(22)24(28)19-12-30-33(13-19)14-25(4,26)27/h5-13,15,28,31H,14H2,1-4H3/t15-/m0/s1. The molecule has 1 atom stereocenters. The van der Waals surface area contributed by atoms with Crippen molar-refractivity contribution >= 4 is 11.4 Å². The van der Waals surface area contributed by atoms with Gasteiger partial charge < -0.3 is 9.84 Å². The van der Waals surface area contributed by atoms with Crippen LogP contribution in [-0.2, 0) is 6.54 Å². The number of aromatic nitrogens is 4. The van der Waals surface area contributed by atoms with E-state index in [9.17, 15) is 8.78 Å². The summed E-state index contributed by atoms with van der Waals surface area (Å²) >= 11 is 0. The van der Waals surface area contributed by atoms with Crippen LogP contribution in [0.25, 0.3) is 11.1 Å². The van der Waals surface area contributed by atoms with Crippen LogP contribution in [0, 0.1) is 19.3 Å².